The number of thioether (sulfide) groups is 1. The second-order valence-corrected chi connectivity index (χ2v) is 6.24. The van der Waals surface area contributed by atoms with Crippen LogP contribution in [0, 0.1) is 0 Å². The Morgan fingerprint density at radius 1 is 1.36 bits per heavy atom. The first-order valence-electron chi connectivity index (χ1n) is 7.08. The molecule has 4 atom stereocenters. The third-order valence-electron chi connectivity index (χ3n) is 3.63. The summed E-state index contributed by atoms with van der Waals surface area (Å²) in [5.74, 6) is -1.70. The van der Waals surface area contributed by atoms with Gasteiger partial charge in [0.05, 0.1) is 12.4 Å². The summed E-state index contributed by atoms with van der Waals surface area (Å²) in [6.07, 6.45) is -5.14. The van der Waals surface area contributed by atoms with Gasteiger partial charge in [-0.15, -0.1) is 0 Å². The molecule has 0 amide bonds. The highest BCUT2D eigenvalue weighted by atomic mass is 32.2. The first-order valence-corrected chi connectivity index (χ1v) is 8.06. The zero-order valence-electron chi connectivity index (χ0n) is 12.6. The number of anilines is 1. The van der Waals surface area contributed by atoms with Gasteiger partial charge in [-0.05, 0) is 0 Å². The van der Waals surface area contributed by atoms with E-state index >= 15 is 0 Å². The molecule has 0 saturated carbocycles. The van der Waals surface area contributed by atoms with E-state index in [0.717, 1.165) is 11.8 Å². The first-order chi connectivity index (χ1) is 11.8. The number of aliphatic hydroxyl groups is 3. The number of aliphatic hydroxyl groups excluding tert-OH is 3. The Bertz CT molecular complexity index is 867. The Hall–Kier alpha value is -2.19. The maximum Gasteiger partial charge on any atom is 0.313 e. The number of hydrogen-bond acceptors (Lipinski definition) is 10. The van der Waals surface area contributed by atoms with E-state index in [1.54, 1.807) is 0 Å². The number of carbonyl (C=O) groups is 1. The normalized spacial score (nSPS) is 26.4. The van der Waals surface area contributed by atoms with Gasteiger partial charge in [-0.2, -0.15) is 4.98 Å². The number of aliphatic carboxylic acids is 1. The smallest absolute Gasteiger partial charge is 0.313 e. The van der Waals surface area contributed by atoms with Gasteiger partial charge in [-0.3, -0.25) is 19.1 Å². The zero-order chi connectivity index (χ0) is 18.3. The molecule has 1 aliphatic heterocycles. The number of carboxylic acid groups (broad SMARTS) is 1. The van der Waals surface area contributed by atoms with Gasteiger partial charge in [0, 0.05) is 0 Å². The quantitative estimate of drug-likeness (QED) is 0.303. The first kappa shape index (κ1) is 17.6. The number of nitrogens with zero attached hydrogens (tertiary/aromatic N) is 3. The summed E-state index contributed by atoms with van der Waals surface area (Å²) in [6, 6.07) is 0. The number of nitrogen functional groups attached to an aromatic ring is 1. The number of aromatic nitrogens is 4. The molecular weight excluding hydrogens is 358 g/mol. The monoisotopic (exact) mass is 373 g/mol. The summed E-state index contributed by atoms with van der Waals surface area (Å²) in [7, 11) is 0. The molecule has 13 heteroatoms. The van der Waals surface area contributed by atoms with Crippen LogP contribution in [0.1, 0.15) is 6.23 Å². The lowest BCUT2D eigenvalue weighted by Gasteiger charge is -2.18. The zero-order valence-corrected chi connectivity index (χ0v) is 13.4. The van der Waals surface area contributed by atoms with Crippen molar-refractivity contribution in [3.63, 3.8) is 0 Å². The fraction of sp³-hybridized carbons (Fsp3) is 0.500. The van der Waals surface area contributed by atoms with Gasteiger partial charge >= 0.3 is 5.97 Å². The summed E-state index contributed by atoms with van der Waals surface area (Å²) < 4.78 is 6.63. The minimum atomic E-state index is -1.46. The molecule has 2 aromatic heterocycles. The molecule has 0 spiro atoms. The topological polar surface area (TPSA) is 197 Å². The van der Waals surface area contributed by atoms with E-state index in [2.05, 4.69) is 15.0 Å². The molecule has 0 unspecified atom stereocenters. The van der Waals surface area contributed by atoms with Crippen molar-refractivity contribution in [3.05, 3.63) is 10.4 Å². The number of rotatable bonds is 5. The van der Waals surface area contributed by atoms with Crippen molar-refractivity contribution in [1.29, 1.82) is 0 Å². The lowest BCUT2D eigenvalue weighted by molar-refractivity contribution is -0.133. The van der Waals surface area contributed by atoms with E-state index in [0.29, 0.717) is 0 Å². The average Bonchev–Trinajstić information content (AvgIpc) is 3.04. The van der Waals surface area contributed by atoms with E-state index in [1.165, 1.54) is 4.57 Å². The molecular formula is C12H15N5O7S. The molecule has 1 saturated heterocycles. The predicted octanol–water partition coefficient (Wildman–Crippen LogP) is -2.51. The maximum absolute atomic E-state index is 12.0. The Balaban J connectivity index is 2.15. The Morgan fingerprint density at radius 2 is 2.08 bits per heavy atom. The third kappa shape index (κ3) is 3.07. The van der Waals surface area contributed by atoms with Gasteiger partial charge in [0.15, 0.2) is 22.5 Å². The van der Waals surface area contributed by atoms with Gasteiger partial charge in [-0.1, -0.05) is 11.8 Å². The average molecular weight is 373 g/mol. The molecule has 3 rings (SSSR count). The van der Waals surface area contributed by atoms with Gasteiger partial charge in [0.1, 0.15) is 18.3 Å². The molecule has 1 aliphatic rings. The maximum atomic E-state index is 12.0. The van der Waals surface area contributed by atoms with Crippen molar-refractivity contribution >= 4 is 34.8 Å². The fourth-order valence-corrected chi connectivity index (χ4v) is 3.27. The predicted molar refractivity (Wildman–Crippen MR) is 83.9 cm³/mol. The van der Waals surface area contributed by atoms with Crippen LogP contribution in [0.3, 0.4) is 0 Å². The van der Waals surface area contributed by atoms with Crippen molar-refractivity contribution in [2.75, 3.05) is 18.1 Å². The van der Waals surface area contributed by atoms with Crippen molar-refractivity contribution in [1.82, 2.24) is 19.5 Å². The van der Waals surface area contributed by atoms with Crippen LogP contribution in [-0.2, 0) is 9.53 Å². The molecule has 0 bridgehead atoms. The van der Waals surface area contributed by atoms with E-state index in [4.69, 9.17) is 15.6 Å². The van der Waals surface area contributed by atoms with Crippen LogP contribution in [0.2, 0.25) is 0 Å². The number of nitrogens with one attached hydrogen (secondary N) is 1. The summed E-state index contributed by atoms with van der Waals surface area (Å²) in [6.45, 7) is -0.547. The van der Waals surface area contributed by atoms with Crippen LogP contribution in [0.25, 0.3) is 11.2 Å². The van der Waals surface area contributed by atoms with E-state index in [9.17, 15) is 24.9 Å². The molecule has 0 aromatic carbocycles. The molecule has 2 aromatic rings. The van der Waals surface area contributed by atoms with E-state index in [-0.39, 0.29) is 28.0 Å². The van der Waals surface area contributed by atoms with Crippen LogP contribution >= 0.6 is 11.8 Å². The van der Waals surface area contributed by atoms with Crippen molar-refractivity contribution in [2.45, 2.75) is 29.7 Å². The van der Waals surface area contributed by atoms with Crippen molar-refractivity contribution in [2.24, 2.45) is 0 Å². The lowest BCUT2D eigenvalue weighted by atomic mass is 10.1. The van der Waals surface area contributed by atoms with Gasteiger partial charge in [-0.25, -0.2) is 4.98 Å². The number of nitrogens with two attached hydrogens (primary N) is 1. The molecule has 0 aliphatic carbocycles. The SMILES string of the molecule is Nc1nc2c(nc(SCC(=O)O)n2[C@@H]2O[C@H](CO)[C@H](O)[C@H]2O)c(=O)[nH]1. The van der Waals surface area contributed by atoms with Crippen LogP contribution in [0.4, 0.5) is 5.95 Å². The molecule has 1 fully saturated rings. The Labute approximate surface area is 143 Å². The molecule has 25 heavy (non-hydrogen) atoms. The number of imidazole rings is 1. The summed E-state index contributed by atoms with van der Waals surface area (Å²) in [4.78, 5) is 33.1. The van der Waals surface area contributed by atoms with Crippen LogP contribution in [-0.4, -0.2) is 76.6 Å². The van der Waals surface area contributed by atoms with Crippen LogP contribution in [0.15, 0.2) is 9.95 Å². The standard InChI is InChI=1S/C12H15N5O7S/c13-11-15-8-5(9(23)16-11)14-12(25-2-4(19)20)17(8)10-7(22)6(21)3(1-18)24-10/h3,6-7,10,18,21-22H,1-2H2,(H,19,20)(H3,13,15,16,23)/t3-,6+,7-,10-/m1/s1. The van der Waals surface area contributed by atoms with Gasteiger partial charge in [0.2, 0.25) is 5.95 Å². The molecule has 3 heterocycles. The molecule has 136 valence electrons. The number of aromatic amines is 1. The highest BCUT2D eigenvalue weighted by molar-refractivity contribution is 7.99. The third-order valence-corrected chi connectivity index (χ3v) is 4.57. The lowest BCUT2D eigenvalue weighted by Crippen LogP contribution is -2.33. The largest absolute Gasteiger partial charge is 0.481 e. The number of hydrogen-bond donors (Lipinski definition) is 6. The molecule has 0 radical (unpaired) electrons. The molecule has 7 N–H and O–H groups in total. The number of H-pyrrole nitrogens is 1. The summed E-state index contributed by atoms with van der Waals surface area (Å²) in [5.41, 5.74) is 4.73. The second-order valence-electron chi connectivity index (χ2n) is 5.30. The van der Waals surface area contributed by atoms with E-state index < -0.39 is 42.7 Å². The minimum absolute atomic E-state index is 0.0378. The minimum Gasteiger partial charge on any atom is -0.481 e. The summed E-state index contributed by atoms with van der Waals surface area (Å²) >= 11 is 0.778. The number of ether oxygens (including phenoxy) is 1. The van der Waals surface area contributed by atoms with Gasteiger partial charge < -0.3 is 30.9 Å². The number of carboxylic acids is 1. The number of fused-ring (bicyclic) bond motifs is 1. The van der Waals surface area contributed by atoms with Gasteiger partial charge in [0.25, 0.3) is 5.56 Å². The highest BCUT2D eigenvalue weighted by Gasteiger charge is 2.45. The molecule has 12 nitrogen and oxygen atoms in total. The van der Waals surface area contributed by atoms with Crippen LogP contribution in [0.5, 0.6) is 0 Å². The van der Waals surface area contributed by atoms with Crippen molar-refractivity contribution < 1.29 is 30.0 Å². The fourth-order valence-electron chi connectivity index (χ4n) is 2.53. The summed E-state index contributed by atoms with van der Waals surface area (Å²) in [5, 5.41) is 38.3. The Kier molecular flexibility index (Phi) is 4.66. The Morgan fingerprint density at radius 3 is 2.68 bits per heavy atom. The van der Waals surface area contributed by atoms with Crippen LogP contribution < -0.4 is 11.3 Å². The highest BCUT2D eigenvalue weighted by Crippen LogP contribution is 2.35. The second kappa shape index (κ2) is 6.61. The van der Waals surface area contributed by atoms with E-state index in [1.807, 2.05) is 0 Å². The van der Waals surface area contributed by atoms with Crippen molar-refractivity contribution in [3.8, 4) is 0 Å².